The van der Waals surface area contributed by atoms with Gasteiger partial charge < -0.3 is 15.2 Å². The van der Waals surface area contributed by atoms with Crippen molar-refractivity contribution in [2.45, 2.75) is 25.7 Å². The van der Waals surface area contributed by atoms with E-state index in [0.717, 1.165) is 6.42 Å². The molecule has 1 aliphatic carbocycles. The maximum absolute atomic E-state index is 11.7. The highest BCUT2D eigenvalue weighted by molar-refractivity contribution is 5.86. The van der Waals surface area contributed by atoms with Crippen LogP contribution >= 0.6 is 0 Å². The van der Waals surface area contributed by atoms with Gasteiger partial charge in [0.15, 0.2) is 0 Å². The fraction of sp³-hybridized carbons (Fsp3) is 0.818. The van der Waals surface area contributed by atoms with Gasteiger partial charge in [-0.2, -0.15) is 5.26 Å². The standard InChI is InChI=1S/C11H18N2O3/c12-9-11(3-1-4-11)10(15)13-5-2-7-16-8-6-14/h14H,1-8H2,(H,13,15). The molecule has 0 spiro atoms. The summed E-state index contributed by atoms with van der Waals surface area (Å²) in [5.74, 6) is -0.150. The van der Waals surface area contributed by atoms with Crippen LogP contribution in [-0.2, 0) is 9.53 Å². The Labute approximate surface area is 95.4 Å². The fourth-order valence-electron chi connectivity index (χ4n) is 1.63. The molecule has 1 amide bonds. The molecule has 0 aromatic rings. The van der Waals surface area contributed by atoms with Crippen molar-refractivity contribution in [2.24, 2.45) is 5.41 Å². The highest BCUT2D eigenvalue weighted by Crippen LogP contribution is 2.40. The summed E-state index contributed by atoms with van der Waals surface area (Å²) in [6, 6.07) is 2.10. The van der Waals surface area contributed by atoms with Crippen molar-refractivity contribution in [1.29, 1.82) is 5.26 Å². The van der Waals surface area contributed by atoms with E-state index in [-0.39, 0.29) is 12.5 Å². The lowest BCUT2D eigenvalue weighted by atomic mass is 9.69. The van der Waals surface area contributed by atoms with Crippen LogP contribution in [0.3, 0.4) is 0 Å². The average Bonchev–Trinajstić information content (AvgIpc) is 2.22. The van der Waals surface area contributed by atoms with Crippen molar-refractivity contribution in [3.63, 3.8) is 0 Å². The molecule has 0 aromatic carbocycles. The number of aliphatic hydroxyl groups excluding tert-OH is 1. The summed E-state index contributed by atoms with van der Waals surface area (Å²) in [4.78, 5) is 11.7. The zero-order valence-corrected chi connectivity index (χ0v) is 9.37. The molecular weight excluding hydrogens is 208 g/mol. The number of hydrogen-bond donors (Lipinski definition) is 2. The van der Waals surface area contributed by atoms with E-state index in [1.807, 2.05) is 0 Å². The third-order valence-corrected chi connectivity index (χ3v) is 2.84. The highest BCUT2D eigenvalue weighted by atomic mass is 16.5. The molecule has 1 fully saturated rings. The third kappa shape index (κ3) is 3.19. The molecule has 1 rings (SSSR count). The predicted octanol–water partition coefficient (Wildman–Crippen LogP) is 0.195. The minimum Gasteiger partial charge on any atom is -0.394 e. The van der Waals surface area contributed by atoms with E-state index in [1.54, 1.807) is 0 Å². The summed E-state index contributed by atoms with van der Waals surface area (Å²) in [6.07, 6.45) is 3.01. The molecular formula is C11H18N2O3. The second-order valence-corrected chi connectivity index (χ2v) is 3.99. The van der Waals surface area contributed by atoms with Gasteiger partial charge in [-0.05, 0) is 25.7 Å². The molecule has 1 aliphatic rings. The first-order valence-electron chi connectivity index (χ1n) is 5.63. The Morgan fingerprint density at radius 2 is 2.25 bits per heavy atom. The van der Waals surface area contributed by atoms with Crippen molar-refractivity contribution in [3.8, 4) is 6.07 Å². The van der Waals surface area contributed by atoms with Gasteiger partial charge in [-0.15, -0.1) is 0 Å². The van der Waals surface area contributed by atoms with Crippen LogP contribution in [0.25, 0.3) is 0 Å². The number of nitrogens with one attached hydrogen (secondary N) is 1. The van der Waals surface area contributed by atoms with E-state index in [0.29, 0.717) is 39.0 Å². The Morgan fingerprint density at radius 3 is 2.75 bits per heavy atom. The maximum Gasteiger partial charge on any atom is 0.240 e. The average molecular weight is 226 g/mol. The number of amides is 1. The van der Waals surface area contributed by atoms with Gasteiger partial charge in [-0.25, -0.2) is 0 Å². The molecule has 0 unspecified atom stereocenters. The molecule has 2 N–H and O–H groups in total. The molecule has 5 heteroatoms. The first-order valence-corrected chi connectivity index (χ1v) is 5.63. The third-order valence-electron chi connectivity index (χ3n) is 2.84. The van der Waals surface area contributed by atoms with Crippen molar-refractivity contribution >= 4 is 5.91 Å². The van der Waals surface area contributed by atoms with E-state index in [4.69, 9.17) is 15.1 Å². The van der Waals surface area contributed by atoms with Crippen LogP contribution in [0, 0.1) is 16.7 Å². The van der Waals surface area contributed by atoms with Gasteiger partial charge in [0.1, 0.15) is 5.41 Å². The quantitative estimate of drug-likeness (QED) is 0.607. The molecule has 0 heterocycles. The zero-order valence-electron chi connectivity index (χ0n) is 9.37. The fourth-order valence-corrected chi connectivity index (χ4v) is 1.63. The van der Waals surface area contributed by atoms with Crippen LogP contribution in [0.15, 0.2) is 0 Å². The Bertz CT molecular complexity index is 269. The van der Waals surface area contributed by atoms with E-state index in [2.05, 4.69) is 11.4 Å². The maximum atomic E-state index is 11.7. The monoisotopic (exact) mass is 226 g/mol. The number of hydrogen-bond acceptors (Lipinski definition) is 4. The van der Waals surface area contributed by atoms with Gasteiger partial charge in [0.05, 0.1) is 19.3 Å². The lowest BCUT2D eigenvalue weighted by Crippen LogP contribution is -2.45. The Kier molecular flexibility index (Phi) is 5.23. The topological polar surface area (TPSA) is 82.4 Å². The molecule has 5 nitrogen and oxygen atoms in total. The smallest absolute Gasteiger partial charge is 0.240 e. The summed E-state index contributed by atoms with van der Waals surface area (Å²) in [7, 11) is 0. The molecule has 90 valence electrons. The SMILES string of the molecule is N#CC1(C(=O)NCCCOCCO)CCC1. The summed E-state index contributed by atoms with van der Waals surface area (Å²) in [5, 5.41) is 20.1. The van der Waals surface area contributed by atoms with E-state index >= 15 is 0 Å². The molecule has 0 atom stereocenters. The Balaban J connectivity index is 2.09. The number of aliphatic hydroxyl groups is 1. The number of rotatable bonds is 7. The largest absolute Gasteiger partial charge is 0.394 e. The molecule has 1 saturated carbocycles. The van der Waals surface area contributed by atoms with Crippen molar-refractivity contribution in [1.82, 2.24) is 5.32 Å². The minimum atomic E-state index is -0.758. The Morgan fingerprint density at radius 1 is 1.50 bits per heavy atom. The van der Waals surface area contributed by atoms with Crippen molar-refractivity contribution in [3.05, 3.63) is 0 Å². The number of carbonyl (C=O) groups excluding carboxylic acids is 1. The van der Waals surface area contributed by atoms with E-state index < -0.39 is 5.41 Å². The summed E-state index contributed by atoms with van der Waals surface area (Å²) in [5.41, 5.74) is -0.758. The van der Waals surface area contributed by atoms with E-state index in [9.17, 15) is 4.79 Å². The van der Waals surface area contributed by atoms with Gasteiger partial charge >= 0.3 is 0 Å². The van der Waals surface area contributed by atoms with Gasteiger partial charge in [0.2, 0.25) is 5.91 Å². The van der Waals surface area contributed by atoms with Crippen LogP contribution in [-0.4, -0.2) is 37.4 Å². The van der Waals surface area contributed by atoms with Crippen LogP contribution in [0.2, 0.25) is 0 Å². The van der Waals surface area contributed by atoms with Gasteiger partial charge in [0, 0.05) is 13.2 Å². The summed E-state index contributed by atoms with van der Waals surface area (Å²) in [6.45, 7) is 1.38. The first kappa shape index (κ1) is 12.9. The van der Waals surface area contributed by atoms with Gasteiger partial charge in [-0.1, -0.05) is 0 Å². The second kappa shape index (κ2) is 6.46. The van der Waals surface area contributed by atoms with Crippen LogP contribution in [0.5, 0.6) is 0 Å². The van der Waals surface area contributed by atoms with Crippen LogP contribution < -0.4 is 5.32 Å². The normalized spacial score (nSPS) is 17.2. The number of nitriles is 1. The molecule has 0 radical (unpaired) electrons. The second-order valence-electron chi connectivity index (χ2n) is 3.99. The van der Waals surface area contributed by atoms with Gasteiger partial charge in [0.25, 0.3) is 0 Å². The Hall–Kier alpha value is -1.12. The van der Waals surface area contributed by atoms with Crippen molar-refractivity contribution < 1.29 is 14.6 Å². The van der Waals surface area contributed by atoms with Crippen LogP contribution in [0.1, 0.15) is 25.7 Å². The molecule has 0 aromatic heterocycles. The number of ether oxygens (including phenoxy) is 1. The lowest BCUT2D eigenvalue weighted by Gasteiger charge is -2.33. The summed E-state index contributed by atoms with van der Waals surface area (Å²) < 4.78 is 5.05. The van der Waals surface area contributed by atoms with Gasteiger partial charge in [-0.3, -0.25) is 4.79 Å². The highest BCUT2D eigenvalue weighted by Gasteiger charge is 2.44. The molecule has 0 aliphatic heterocycles. The molecule has 0 saturated heterocycles. The number of carbonyl (C=O) groups is 1. The zero-order chi connectivity index (χ0) is 11.9. The van der Waals surface area contributed by atoms with Crippen molar-refractivity contribution in [2.75, 3.05) is 26.4 Å². The van der Waals surface area contributed by atoms with E-state index in [1.165, 1.54) is 0 Å². The lowest BCUT2D eigenvalue weighted by molar-refractivity contribution is -0.131. The molecule has 16 heavy (non-hydrogen) atoms. The predicted molar refractivity (Wildman–Crippen MR) is 57.4 cm³/mol. The first-order chi connectivity index (χ1) is 7.75. The minimum absolute atomic E-state index is 0.0178. The summed E-state index contributed by atoms with van der Waals surface area (Å²) >= 11 is 0. The number of nitrogens with zero attached hydrogens (tertiary/aromatic N) is 1. The van der Waals surface area contributed by atoms with Crippen LogP contribution in [0.4, 0.5) is 0 Å². The molecule has 0 bridgehead atoms.